The van der Waals surface area contributed by atoms with Crippen LogP contribution in [0, 0.1) is 6.92 Å². The van der Waals surface area contributed by atoms with Crippen LogP contribution in [0.5, 0.6) is 11.5 Å². The van der Waals surface area contributed by atoms with E-state index in [2.05, 4.69) is 18.3 Å². The number of hydrogen-bond donors (Lipinski definition) is 1. The molecule has 0 aliphatic rings. The molecule has 0 atom stereocenters. The second-order valence-corrected chi connectivity index (χ2v) is 5.32. The van der Waals surface area contributed by atoms with Gasteiger partial charge in [-0.1, -0.05) is 48.3 Å². The summed E-state index contributed by atoms with van der Waals surface area (Å²) >= 11 is 12.1. The van der Waals surface area contributed by atoms with E-state index < -0.39 is 0 Å². The summed E-state index contributed by atoms with van der Waals surface area (Å²) in [5, 5.41) is 4.22. The zero-order valence-electron chi connectivity index (χ0n) is 11.5. The number of aryl methyl sites for hydroxylation is 1. The lowest BCUT2D eigenvalue weighted by Crippen LogP contribution is -2.11. The van der Waals surface area contributed by atoms with E-state index in [4.69, 9.17) is 27.9 Å². The van der Waals surface area contributed by atoms with Gasteiger partial charge < -0.3 is 10.1 Å². The van der Waals surface area contributed by atoms with Gasteiger partial charge in [0.2, 0.25) is 0 Å². The molecular formula is C16H17Cl2NO. The molecule has 0 saturated carbocycles. The van der Waals surface area contributed by atoms with Crippen molar-refractivity contribution in [2.24, 2.45) is 0 Å². The van der Waals surface area contributed by atoms with Gasteiger partial charge in [0.25, 0.3) is 0 Å². The number of hydrogen-bond acceptors (Lipinski definition) is 2. The van der Waals surface area contributed by atoms with Crippen molar-refractivity contribution in [1.82, 2.24) is 5.32 Å². The molecule has 1 N–H and O–H groups in total. The molecule has 0 aliphatic carbocycles. The first-order valence-corrected chi connectivity index (χ1v) is 7.29. The molecule has 2 rings (SSSR count). The summed E-state index contributed by atoms with van der Waals surface area (Å²) in [5.41, 5.74) is 2.23. The lowest BCUT2D eigenvalue weighted by Gasteiger charge is -2.12. The van der Waals surface area contributed by atoms with Gasteiger partial charge in [0.15, 0.2) is 0 Å². The molecule has 0 fully saturated rings. The highest BCUT2D eigenvalue weighted by Crippen LogP contribution is 2.35. The highest BCUT2D eigenvalue weighted by molar-refractivity contribution is 6.42. The number of ether oxygens (including phenoxy) is 1. The van der Waals surface area contributed by atoms with Crippen LogP contribution in [0.25, 0.3) is 0 Å². The van der Waals surface area contributed by atoms with Crippen molar-refractivity contribution in [3.05, 3.63) is 57.6 Å². The van der Waals surface area contributed by atoms with Crippen LogP contribution >= 0.6 is 23.2 Å². The average Bonchev–Trinajstić information content (AvgIpc) is 2.44. The summed E-state index contributed by atoms with van der Waals surface area (Å²) in [6.45, 7) is 5.84. The van der Waals surface area contributed by atoms with Gasteiger partial charge in [0.05, 0.1) is 5.02 Å². The Labute approximate surface area is 129 Å². The first-order valence-electron chi connectivity index (χ1n) is 6.54. The van der Waals surface area contributed by atoms with Crippen molar-refractivity contribution in [3.63, 3.8) is 0 Å². The predicted octanol–water partition coefficient (Wildman–Crippen LogP) is 5.20. The Bertz CT molecular complexity index is 599. The minimum absolute atomic E-state index is 0.436. The van der Waals surface area contributed by atoms with Crippen LogP contribution in [0.3, 0.4) is 0 Å². The van der Waals surface area contributed by atoms with Crippen molar-refractivity contribution >= 4 is 23.2 Å². The van der Waals surface area contributed by atoms with E-state index in [1.165, 1.54) is 5.56 Å². The quantitative estimate of drug-likeness (QED) is 0.819. The zero-order chi connectivity index (χ0) is 14.5. The smallest absolute Gasteiger partial charge is 0.147 e. The van der Waals surface area contributed by atoms with Crippen LogP contribution in [-0.2, 0) is 6.54 Å². The lowest BCUT2D eigenvalue weighted by molar-refractivity contribution is 0.478. The summed E-state index contributed by atoms with van der Waals surface area (Å²) in [6, 6.07) is 11.5. The third-order valence-electron chi connectivity index (χ3n) is 2.97. The first-order chi connectivity index (χ1) is 9.61. The SMILES string of the molecule is CCNCc1ccc(C)c(Oc2cccc(Cl)c2Cl)c1. The minimum atomic E-state index is 0.436. The van der Waals surface area contributed by atoms with E-state index in [1.54, 1.807) is 6.07 Å². The van der Waals surface area contributed by atoms with Crippen molar-refractivity contribution in [3.8, 4) is 11.5 Å². The van der Waals surface area contributed by atoms with Crippen LogP contribution in [0.15, 0.2) is 36.4 Å². The molecule has 4 heteroatoms. The van der Waals surface area contributed by atoms with Crippen LogP contribution in [0.4, 0.5) is 0 Å². The molecule has 0 saturated heterocycles. The molecular weight excluding hydrogens is 293 g/mol. The highest BCUT2D eigenvalue weighted by atomic mass is 35.5. The number of halogens is 2. The fourth-order valence-electron chi connectivity index (χ4n) is 1.82. The molecule has 0 radical (unpaired) electrons. The number of benzene rings is 2. The van der Waals surface area contributed by atoms with Crippen LogP contribution in [0.1, 0.15) is 18.1 Å². The molecule has 106 valence electrons. The summed E-state index contributed by atoms with van der Waals surface area (Å²) in [4.78, 5) is 0. The Balaban J connectivity index is 2.26. The molecule has 2 aromatic rings. The van der Waals surface area contributed by atoms with Crippen LogP contribution in [-0.4, -0.2) is 6.54 Å². The third kappa shape index (κ3) is 3.66. The third-order valence-corrected chi connectivity index (χ3v) is 3.77. The second-order valence-electron chi connectivity index (χ2n) is 4.53. The Morgan fingerprint density at radius 2 is 1.90 bits per heavy atom. The molecule has 0 spiro atoms. The standard InChI is InChI=1S/C16H17Cl2NO/c1-3-19-10-12-8-7-11(2)15(9-12)20-14-6-4-5-13(17)16(14)18/h4-9,19H,3,10H2,1-2H3. The van der Waals surface area contributed by atoms with E-state index in [-0.39, 0.29) is 0 Å². The van der Waals surface area contributed by atoms with Crippen molar-refractivity contribution in [2.75, 3.05) is 6.54 Å². The fraction of sp³-hybridized carbons (Fsp3) is 0.250. The molecule has 0 heterocycles. The van der Waals surface area contributed by atoms with Gasteiger partial charge in [-0.15, -0.1) is 0 Å². The van der Waals surface area contributed by atoms with Crippen molar-refractivity contribution < 1.29 is 4.74 Å². The van der Waals surface area contributed by atoms with E-state index in [9.17, 15) is 0 Å². The topological polar surface area (TPSA) is 21.3 Å². The maximum atomic E-state index is 6.15. The summed E-state index contributed by atoms with van der Waals surface area (Å²) in [5.74, 6) is 1.37. The van der Waals surface area contributed by atoms with Crippen molar-refractivity contribution in [2.45, 2.75) is 20.4 Å². The van der Waals surface area contributed by atoms with E-state index >= 15 is 0 Å². The molecule has 0 amide bonds. The van der Waals surface area contributed by atoms with Gasteiger partial charge in [-0.3, -0.25) is 0 Å². The Morgan fingerprint density at radius 3 is 2.65 bits per heavy atom. The molecule has 2 nitrogen and oxygen atoms in total. The molecule has 0 aromatic heterocycles. The van der Waals surface area contributed by atoms with Gasteiger partial charge in [0.1, 0.15) is 16.5 Å². The Morgan fingerprint density at radius 1 is 1.10 bits per heavy atom. The maximum absolute atomic E-state index is 6.15. The number of nitrogens with one attached hydrogen (secondary N) is 1. The average molecular weight is 310 g/mol. The van der Waals surface area contributed by atoms with Gasteiger partial charge in [-0.05, 0) is 42.8 Å². The van der Waals surface area contributed by atoms with Gasteiger partial charge >= 0.3 is 0 Å². The van der Waals surface area contributed by atoms with Crippen molar-refractivity contribution in [1.29, 1.82) is 0 Å². The maximum Gasteiger partial charge on any atom is 0.147 e. The van der Waals surface area contributed by atoms with Gasteiger partial charge in [0, 0.05) is 6.54 Å². The normalized spacial score (nSPS) is 10.6. The summed E-state index contributed by atoms with van der Waals surface area (Å²) < 4.78 is 5.90. The lowest BCUT2D eigenvalue weighted by atomic mass is 10.1. The summed E-state index contributed by atoms with van der Waals surface area (Å²) in [7, 11) is 0. The Kier molecular flexibility index (Phi) is 5.30. The van der Waals surface area contributed by atoms with E-state index in [0.29, 0.717) is 15.8 Å². The molecule has 0 unspecified atom stereocenters. The largest absolute Gasteiger partial charge is 0.455 e. The summed E-state index contributed by atoms with van der Waals surface area (Å²) in [6.07, 6.45) is 0. The van der Waals surface area contributed by atoms with Gasteiger partial charge in [-0.2, -0.15) is 0 Å². The Hall–Kier alpha value is -1.22. The van der Waals surface area contributed by atoms with E-state index in [0.717, 1.165) is 24.4 Å². The zero-order valence-corrected chi connectivity index (χ0v) is 13.1. The highest BCUT2D eigenvalue weighted by Gasteiger charge is 2.09. The second kappa shape index (κ2) is 6.98. The fourth-order valence-corrected chi connectivity index (χ4v) is 2.15. The molecule has 20 heavy (non-hydrogen) atoms. The monoisotopic (exact) mass is 309 g/mol. The molecule has 0 aliphatic heterocycles. The number of rotatable bonds is 5. The predicted molar refractivity (Wildman–Crippen MR) is 85.1 cm³/mol. The van der Waals surface area contributed by atoms with E-state index in [1.807, 2.05) is 31.2 Å². The molecule has 0 bridgehead atoms. The van der Waals surface area contributed by atoms with Crippen LogP contribution in [0.2, 0.25) is 10.0 Å². The molecule has 2 aromatic carbocycles. The van der Waals surface area contributed by atoms with Gasteiger partial charge in [-0.25, -0.2) is 0 Å². The van der Waals surface area contributed by atoms with Crippen LogP contribution < -0.4 is 10.1 Å². The first kappa shape index (κ1) is 15.2. The minimum Gasteiger partial charge on any atom is -0.455 e.